The highest BCUT2D eigenvalue weighted by Crippen LogP contribution is 2.40. The summed E-state index contributed by atoms with van der Waals surface area (Å²) in [6.45, 7) is -0.0782. The van der Waals surface area contributed by atoms with E-state index in [-0.39, 0.29) is 6.61 Å². The second-order valence-corrected chi connectivity index (χ2v) is 4.66. The molecule has 1 aliphatic carbocycles. The SMILES string of the molecule is O=CC(CO)(c1ccccc1)C1CCCC1. The molecule has 1 fully saturated rings. The summed E-state index contributed by atoms with van der Waals surface area (Å²) in [7, 11) is 0. The Labute approximate surface area is 96.3 Å². The number of hydrogen-bond donors (Lipinski definition) is 1. The lowest BCUT2D eigenvalue weighted by molar-refractivity contribution is -0.116. The molecule has 86 valence electrons. The van der Waals surface area contributed by atoms with Crippen LogP contribution in [0, 0.1) is 5.92 Å². The van der Waals surface area contributed by atoms with E-state index in [1.165, 1.54) is 12.8 Å². The summed E-state index contributed by atoms with van der Waals surface area (Å²) < 4.78 is 0. The zero-order chi connectivity index (χ0) is 11.4. The normalized spacial score (nSPS) is 20.6. The molecule has 1 aromatic carbocycles. The molecule has 0 heterocycles. The average molecular weight is 218 g/mol. The Bertz CT molecular complexity index is 341. The fraction of sp³-hybridized carbons (Fsp3) is 0.500. The Balaban J connectivity index is 2.38. The van der Waals surface area contributed by atoms with E-state index in [2.05, 4.69) is 0 Å². The molecule has 0 aromatic heterocycles. The quantitative estimate of drug-likeness (QED) is 0.787. The minimum Gasteiger partial charge on any atom is -0.395 e. The first-order valence-electron chi connectivity index (χ1n) is 5.96. The van der Waals surface area contributed by atoms with Crippen LogP contribution in [-0.4, -0.2) is 18.0 Å². The number of aliphatic hydroxyl groups is 1. The minimum atomic E-state index is -0.669. The molecule has 0 amide bonds. The maximum Gasteiger partial charge on any atom is 0.133 e. The highest BCUT2D eigenvalue weighted by atomic mass is 16.3. The van der Waals surface area contributed by atoms with Gasteiger partial charge >= 0.3 is 0 Å². The molecule has 0 saturated heterocycles. The molecule has 2 heteroatoms. The molecule has 0 aliphatic heterocycles. The molecular weight excluding hydrogens is 200 g/mol. The Hall–Kier alpha value is -1.15. The predicted octanol–water partition coefficient (Wildman–Crippen LogP) is 2.31. The van der Waals surface area contributed by atoms with Crippen molar-refractivity contribution in [3.05, 3.63) is 35.9 Å². The van der Waals surface area contributed by atoms with Gasteiger partial charge in [-0.05, 0) is 24.3 Å². The zero-order valence-corrected chi connectivity index (χ0v) is 9.43. The fourth-order valence-corrected chi connectivity index (χ4v) is 2.85. The Morgan fingerprint density at radius 3 is 2.38 bits per heavy atom. The first kappa shape index (κ1) is 11.3. The van der Waals surface area contributed by atoms with Crippen LogP contribution in [0.15, 0.2) is 30.3 Å². The number of aldehydes is 1. The molecular formula is C14H18O2. The summed E-state index contributed by atoms with van der Waals surface area (Å²) >= 11 is 0. The number of aliphatic hydroxyl groups excluding tert-OH is 1. The van der Waals surface area contributed by atoms with E-state index in [0.717, 1.165) is 24.7 Å². The number of carbonyl (C=O) groups excluding carboxylic acids is 1. The van der Waals surface area contributed by atoms with Gasteiger partial charge in [0.2, 0.25) is 0 Å². The Morgan fingerprint density at radius 2 is 1.88 bits per heavy atom. The topological polar surface area (TPSA) is 37.3 Å². The van der Waals surface area contributed by atoms with Gasteiger partial charge in [-0.3, -0.25) is 0 Å². The van der Waals surface area contributed by atoms with Crippen molar-refractivity contribution in [2.75, 3.05) is 6.61 Å². The number of benzene rings is 1. The summed E-state index contributed by atoms with van der Waals surface area (Å²) in [5.41, 5.74) is 0.289. The van der Waals surface area contributed by atoms with Crippen LogP contribution in [0.4, 0.5) is 0 Å². The Morgan fingerprint density at radius 1 is 1.25 bits per heavy atom. The lowest BCUT2D eigenvalue weighted by atomic mass is 9.71. The van der Waals surface area contributed by atoms with Crippen molar-refractivity contribution in [2.45, 2.75) is 31.1 Å². The summed E-state index contributed by atoms with van der Waals surface area (Å²) in [5.74, 6) is 0.303. The molecule has 1 N–H and O–H groups in total. The number of rotatable bonds is 4. The van der Waals surface area contributed by atoms with Crippen LogP contribution in [0.3, 0.4) is 0 Å². The van der Waals surface area contributed by atoms with Crippen molar-refractivity contribution in [3.8, 4) is 0 Å². The van der Waals surface area contributed by atoms with E-state index < -0.39 is 5.41 Å². The summed E-state index contributed by atoms with van der Waals surface area (Å²) in [5, 5.41) is 9.66. The number of carbonyl (C=O) groups is 1. The molecule has 16 heavy (non-hydrogen) atoms. The van der Waals surface area contributed by atoms with Crippen molar-refractivity contribution < 1.29 is 9.90 Å². The molecule has 1 saturated carbocycles. The van der Waals surface area contributed by atoms with E-state index in [1.54, 1.807) is 0 Å². The van der Waals surface area contributed by atoms with E-state index in [0.29, 0.717) is 5.92 Å². The summed E-state index contributed by atoms with van der Waals surface area (Å²) in [4.78, 5) is 11.5. The standard InChI is InChI=1S/C14H18O2/c15-10-14(11-16,13-8-4-5-9-13)12-6-2-1-3-7-12/h1-3,6-7,10,13,16H,4-5,8-9,11H2. The second kappa shape index (κ2) is 4.79. The molecule has 1 unspecified atom stereocenters. The van der Waals surface area contributed by atoms with Gasteiger partial charge in [-0.25, -0.2) is 0 Å². The molecule has 1 aromatic rings. The van der Waals surface area contributed by atoms with E-state index >= 15 is 0 Å². The molecule has 0 spiro atoms. The monoisotopic (exact) mass is 218 g/mol. The van der Waals surface area contributed by atoms with E-state index in [1.807, 2.05) is 30.3 Å². The van der Waals surface area contributed by atoms with Crippen LogP contribution >= 0.6 is 0 Å². The van der Waals surface area contributed by atoms with Gasteiger partial charge in [0.25, 0.3) is 0 Å². The molecule has 0 radical (unpaired) electrons. The highest BCUT2D eigenvalue weighted by Gasteiger charge is 2.41. The molecule has 0 bridgehead atoms. The lowest BCUT2D eigenvalue weighted by Crippen LogP contribution is -2.39. The minimum absolute atomic E-state index is 0.0782. The average Bonchev–Trinajstić information content (AvgIpc) is 2.87. The van der Waals surface area contributed by atoms with Gasteiger partial charge in [0, 0.05) is 0 Å². The fourth-order valence-electron chi connectivity index (χ4n) is 2.85. The molecule has 2 rings (SSSR count). The van der Waals surface area contributed by atoms with Crippen LogP contribution < -0.4 is 0 Å². The summed E-state index contributed by atoms with van der Waals surface area (Å²) in [6, 6.07) is 9.69. The van der Waals surface area contributed by atoms with Gasteiger partial charge in [-0.2, -0.15) is 0 Å². The van der Waals surface area contributed by atoms with Crippen molar-refractivity contribution >= 4 is 6.29 Å². The zero-order valence-electron chi connectivity index (χ0n) is 9.43. The van der Waals surface area contributed by atoms with E-state index in [9.17, 15) is 9.90 Å². The highest BCUT2D eigenvalue weighted by molar-refractivity contribution is 5.69. The van der Waals surface area contributed by atoms with Gasteiger partial charge in [-0.15, -0.1) is 0 Å². The van der Waals surface area contributed by atoms with Gasteiger partial charge in [0.1, 0.15) is 6.29 Å². The molecule has 1 atom stereocenters. The first-order chi connectivity index (χ1) is 7.83. The van der Waals surface area contributed by atoms with Crippen LogP contribution in [0.25, 0.3) is 0 Å². The molecule has 2 nitrogen and oxygen atoms in total. The molecule has 1 aliphatic rings. The first-order valence-corrected chi connectivity index (χ1v) is 5.96. The Kier molecular flexibility index (Phi) is 3.39. The smallest absolute Gasteiger partial charge is 0.133 e. The lowest BCUT2D eigenvalue weighted by Gasteiger charge is -2.32. The van der Waals surface area contributed by atoms with Crippen molar-refractivity contribution in [1.82, 2.24) is 0 Å². The second-order valence-electron chi connectivity index (χ2n) is 4.66. The van der Waals surface area contributed by atoms with Crippen molar-refractivity contribution in [2.24, 2.45) is 5.92 Å². The van der Waals surface area contributed by atoms with Crippen LogP contribution in [0.2, 0.25) is 0 Å². The van der Waals surface area contributed by atoms with Gasteiger partial charge in [0.05, 0.1) is 12.0 Å². The van der Waals surface area contributed by atoms with Crippen molar-refractivity contribution in [3.63, 3.8) is 0 Å². The summed E-state index contributed by atoms with van der Waals surface area (Å²) in [6.07, 6.45) is 5.40. The maximum atomic E-state index is 11.5. The van der Waals surface area contributed by atoms with Crippen LogP contribution in [-0.2, 0) is 10.2 Å². The van der Waals surface area contributed by atoms with Crippen molar-refractivity contribution in [1.29, 1.82) is 0 Å². The maximum absolute atomic E-state index is 11.5. The van der Waals surface area contributed by atoms with Gasteiger partial charge in [-0.1, -0.05) is 43.2 Å². The largest absolute Gasteiger partial charge is 0.395 e. The van der Waals surface area contributed by atoms with Crippen LogP contribution in [0.5, 0.6) is 0 Å². The predicted molar refractivity (Wildman–Crippen MR) is 63.2 cm³/mol. The third-order valence-corrected chi connectivity index (χ3v) is 3.87. The number of hydrogen-bond acceptors (Lipinski definition) is 2. The van der Waals surface area contributed by atoms with E-state index in [4.69, 9.17) is 0 Å². The van der Waals surface area contributed by atoms with Gasteiger partial charge in [0.15, 0.2) is 0 Å². The van der Waals surface area contributed by atoms with Gasteiger partial charge < -0.3 is 9.90 Å². The third kappa shape index (κ3) is 1.78. The third-order valence-electron chi connectivity index (χ3n) is 3.87. The van der Waals surface area contributed by atoms with Crippen LogP contribution in [0.1, 0.15) is 31.2 Å².